The van der Waals surface area contributed by atoms with Gasteiger partial charge in [-0.25, -0.2) is 4.68 Å². The molecule has 98 valence electrons. The van der Waals surface area contributed by atoms with Crippen LogP contribution in [0.15, 0.2) is 0 Å². The first kappa shape index (κ1) is 14.1. The molecule has 0 aliphatic carbocycles. The predicted molar refractivity (Wildman–Crippen MR) is 65.6 cm³/mol. The lowest BCUT2D eigenvalue weighted by Crippen LogP contribution is -2.22. The van der Waals surface area contributed by atoms with Crippen LogP contribution in [0.2, 0.25) is 0 Å². The lowest BCUT2D eigenvalue weighted by molar-refractivity contribution is 0.191. The Bertz CT molecular complexity index is 302. The van der Waals surface area contributed by atoms with Crippen LogP contribution in [0.3, 0.4) is 0 Å². The van der Waals surface area contributed by atoms with Crippen LogP contribution in [0.1, 0.15) is 45.0 Å². The van der Waals surface area contributed by atoms with Gasteiger partial charge in [-0.3, -0.25) is 0 Å². The summed E-state index contributed by atoms with van der Waals surface area (Å²) in [5, 5.41) is 15.1. The van der Waals surface area contributed by atoms with E-state index in [2.05, 4.69) is 34.7 Å². The first-order valence-electron chi connectivity index (χ1n) is 6.28. The van der Waals surface area contributed by atoms with Gasteiger partial charge in [-0.05, 0) is 43.2 Å². The monoisotopic (exact) mass is 241 g/mol. The van der Waals surface area contributed by atoms with Crippen LogP contribution in [0.5, 0.6) is 0 Å². The van der Waals surface area contributed by atoms with Crippen molar-refractivity contribution in [2.75, 3.05) is 20.3 Å². The molecule has 17 heavy (non-hydrogen) atoms. The summed E-state index contributed by atoms with van der Waals surface area (Å²) in [7, 11) is 1.73. The second kappa shape index (κ2) is 8.14. The van der Waals surface area contributed by atoms with Gasteiger partial charge in [0, 0.05) is 20.3 Å². The van der Waals surface area contributed by atoms with Crippen LogP contribution < -0.4 is 5.32 Å². The number of tetrazole rings is 1. The van der Waals surface area contributed by atoms with Crippen LogP contribution in [-0.4, -0.2) is 40.5 Å². The number of aromatic nitrogens is 4. The average molecular weight is 241 g/mol. The molecule has 0 saturated heterocycles. The molecule has 0 spiro atoms. The molecule has 6 heteroatoms. The topological polar surface area (TPSA) is 64.9 Å². The summed E-state index contributed by atoms with van der Waals surface area (Å²) in [6.07, 6.45) is 3.32. The summed E-state index contributed by atoms with van der Waals surface area (Å²) in [4.78, 5) is 0. The Labute approximate surface area is 103 Å². The number of methoxy groups -OCH3 is 1. The van der Waals surface area contributed by atoms with Gasteiger partial charge in [-0.2, -0.15) is 0 Å². The van der Waals surface area contributed by atoms with Crippen molar-refractivity contribution in [1.82, 2.24) is 25.5 Å². The molecule has 1 atom stereocenters. The highest BCUT2D eigenvalue weighted by Gasteiger charge is 2.12. The molecular weight excluding hydrogens is 218 g/mol. The highest BCUT2D eigenvalue weighted by atomic mass is 16.5. The number of nitrogens with one attached hydrogen (secondary N) is 1. The lowest BCUT2D eigenvalue weighted by atomic mass is 10.2. The van der Waals surface area contributed by atoms with E-state index in [0.29, 0.717) is 0 Å². The van der Waals surface area contributed by atoms with Gasteiger partial charge < -0.3 is 10.1 Å². The average Bonchev–Trinajstić information content (AvgIpc) is 2.77. The minimum Gasteiger partial charge on any atom is -0.385 e. The molecule has 1 N–H and O–H groups in total. The van der Waals surface area contributed by atoms with Crippen LogP contribution in [0, 0.1) is 0 Å². The van der Waals surface area contributed by atoms with Gasteiger partial charge >= 0.3 is 0 Å². The number of hydrogen-bond donors (Lipinski definition) is 1. The van der Waals surface area contributed by atoms with E-state index in [0.717, 1.165) is 44.8 Å². The van der Waals surface area contributed by atoms with Crippen molar-refractivity contribution in [3.8, 4) is 0 Å². The molecule has 1 unspecified atom stereocenters. The molecule has 0 aliphatic heterocycles. The van der Waals surface area contributed by atoms with Gasteiger partial charge in [-0.1, -0.05) is 6.92 Å². The molecule has 0 aromatic carbocycles. The Morgan fingerprint density at radius 1 is 1.35 bits per heavy atom. The number of unbranched alkanes of at least 4 members (excludes halogenated alkanes) is 2. The van der Waals surface area contributed by atoms with Gasteiger partial charge in [0.2, 0.25) is 0 Å². The minimum absolute atomic E-state index is 0.203. The van der Waals surface area contributed by atoms with Crippen LogP contribution in [0.4, 0.5) is 0 Å². The summed E-state index contributed by atoms with van der Waals surface area (Å²) in [6.45, 7) is 6.78. The van der Waals surface area contributed by atoms with E-state index in [9.17, 15) is 0 Å². The SMILES string of the molecule is CCNC(C)c1nnnn1CCCCCOC. The van der Waals surface area contributed by atoms with Crippen molar-refractivity contribution in [3.05, 3.63) is 5.82 Å². The smallest absolute Gasteiger partial charge is 0.167 e. The normalized spacial score (nSPS) is 12.9. The van der Waals surface area contributed by atoms with E-state index in [1.807, 2.05) is 4.68 Å². The van der Waals surface area contributed by atoms with Crippen molar-refractivity contribution < 1.29 is 4.74 Å². The zero-order chi connectivity index (χ0) is 12.5. The second-order valence-electron chi connectivity index (χ2n) is 4.09. The highest BCUT2D eigenvalue weighted by molar-refractivity contribution is 4.89. The predicted octanol–water partition coefficient (Wildman–Crippen LogP) is 1.16. The number of rotatable bonds is 9. The quantitative estimate of drug-likeness (QED) is 0.657. The fourth-order valence-corrected chi connectivity index (χ4v) is 1.76. The molecule has 1 aromatic heterocycles. The van der Waals surface area contributed by atoms with E-state index in [1.165, 1.54) is 0 Å². The van der Waals surface area contributed by atoms with E-state index < -0.39 is 0 Å². The molecule has 0 saturated carbocycles. The zero-order valence-corrected chi connectivity index (χ0v) is 11.0. The highest BCUT2D eigenvalue weighted by Crippen LogP contribution is 2.08. The third-order valence-electron chi connectivity index (χ3n) is 2.68. The van der Waals surface area contributed by atoms with Gasteiger partial charge in [0.05, 0.1) is 6.04 Å². The first-order valence-corrected chi connectivity index (χ1v) is 6.28. The van der Waals surface area contributed by atoms with Crippen molar-refractivity contribution in [2.45, 2.75) is 45.7 Å². The standard InChI is InChI=1S/C11H23N5O/c1-4-12-10(2)11-13-14-15-16(11)8-6-5-7-9-17-3/h10,12H,4-9H2,1-3H3. The second-order valence-corrected chi connectivity index (χ2v) is 4.09. The maximum Gasteiger partial charge on any atom is 0.167 e. The Balaban J connectivity index is 2.35. The zero-order valence-electron chi connectivity index (χ0n) is 11.0. The molecule has 0 amide bonds. The third kappa shape index (κ3) is 4.79. The summed E-state index contributed by atoms with van der Waals surface area (Å²) >= 11 is 0. The molecule has 0 fully saturated rings. The summed E-state index contributed by atoms with van der Waals surface area (Å²) in [6, 6.07) is 0.203. The van der Waals surface area contributed by atoms with E-state index >= 15 is 0 Å². The van der Waals surface area contributed by atoms with Crippen LogP contribution in [0.25, 0.3) is 0 Å². The van der Waals surface area contributed by atoms with Gasteiger partial charge in [0.15, 0.2) is 5.82 Å². The fraction of sp³-hybridized carbons (Fsp3) is 0.909. The van der Waals surface area contributed by atoms with Crippen LogP contribution >= 0.6 is 0 Å². The lowest BCUT2D eigenvalue weighted by Gasteiger charge is -2.11. The Morgan fingerprint density at radius 2 is 2.18 bits per heavy atom. The summed E-state index contributed by atoms with van der Waals surface area (Å²) in [5.74, 6) is 0.915. The van der Waals surface area contributed by atoms with Crippen molar-refractivity contribution in [3.63, 3.8) is 0 Å². The van der Waals surface area contributed by atoms with Crippen molar-refractivity contribution >= 4 is 0 Å². The number of ether oxygens (including phenoxy) is 1. The largest absolute Gasteiger partial charge is 0.385 e. The van der Waals surface area contributed by atoms with Gasteiger partial charge in [0.25, 0.3) is 0 Å². The van der Waals surface area contributed by atoms with Gasteiger partial charge in [0.1, 0.15) is 0 Å². The Morgan fingerprint density at radius 3 is 2.88 bits per heavy atom. The summed E-state index contributed by atoms with van der Waals surface area (Å²) < 4.78 is 6.90. The van der Waals surface area contributed by atoms with E-state index in [1.54, 1.807) is 7.11 Å². The molecule has 1 heterocycles. The molecule has 6 nitrogen and oxygen atoms in total. The number of hydrogen-bond acceptors (Lipinski definition) is 5. The van der Waals surface area contributed by atoms with Gasteiger partial charge in [-0.15, -0.1) is 5.10 Å². The molecule has 0 aliphatic rings. The molecule has 0 radical (unpaired) electrons. The Hall–Kier alpha value is -1.01. The van der Waals surface area contributed by atoms with Crippen molar-refractivity contribution in [2.24, 2.45) is 0 Å². The van der Waals surface area contributed by atoms with E-state index in [-0.39, 0.29) is 6.04 Å². The van der Waals surface area contributed by atoms with E-state index in [4.69, 9.17) is 4.74 Å². The van der Waals surface area contributed by atoms with Crippen molar-refractivity contribution in [1.29, 1.82) is 0 Å². The number of nitrogens with zero attached hydrogens (tertiary/aromatic N) is 4. The fourth-order valence-electron chi connectivity index (χ4n) is 1.76. The molecule has 1 rings (SSSR count). The van der Waals surface area contributed by atoms with Crippen LogP contribution in [-0.2, 0) is 11.3 Å². The maximum atomic E-state index is 5.02. The molecule has 1 aromatic rings. The third-order valence-corrected chi connectivity index (χ3v) is 2.68. The maximum absolute atomic E-state index is 5.02. The first-order chi connectivity index (χ1) is 8.29. The minimum atomic E-state index is 0.203. The number of aryl methyl sites for hydroxylation is 1. The molecule has 0 bridgehead atoms. The Kier molecular flexibility index (Phi) is 6.73. The molecular formula is C11H23N5O. The summed E-state index contributed by atoms with van der Waals surface area (Å²) in [5.41, 5.74) is 0.